The van der Waals surface area contributed by atoms with E-state index in [1.165, 1.54) is 6.07 Å². The molecule has 19 heavy (non-hydrogen) atoms. The highest BCUT2D eigenvalue weighted by Gasteiger charge is 2.31. The predicted molar refractivity (Wildman–Crippen MR) is 76.0 cm³/mol. The Balaban J connectivity index is 2.25. The molecule has 3 nitrogen and oxygen atoms in total. The number of anilines is 1. The fourth-order valence-electron chi connectivity index (χ4n) is 2.77. The molecule has 4 heteroatoms. The second-order valence-electron chi connectivity index (χ2n) is 5.48. The second-order valence-corrected chi connectivity index (χ2v) is 5.48. The molecule has 1 aromatic carbocycles. The molecule has 1 aliphatic rings. The van der Waals surface area contributed by atoms with Gasteiger partial charge in [0.2, 0.25) is 0 Å². The van der Waals surface area contributed by atoms with Gasteiger partial charge in [-0.15, -0.1) is 0 Å². The Morgan fingerprint density at radius 3 is 2.95 bits per heavy atom. The minimum atomic E-state index is -0.180. The molecule has 106 valence electrons. The van der Waals surface area contributed by atoms with Crippen LogP contribution in [0.1, 0.15) is 25.3 Å². The predicted octanol–water partition coefficient (Wildman–Crippen LogP) is 2.55. The number of methoxy groups -OCH3 is 1. The Bertz CT molecular complexity index is 438. The van der Waals surface area contributed by atoms with E-state index in [0.29, 0.717) is 6.54 Å². The topological polar surface area (TPSA) is 24.5 Å². The largest absolute Gasteiger partial charge is 0.377 e. The molecule has 2 rings (SSSR count). The molecule has 0 saturated carbocycles. The number of benzene rings is 1. The molecule has 0 spiro atoms. The number of halogens is 1. The van der Waals surface area contributed by atoms with Crippen LogP contribution in [0.25, 0.3) is 0 Å². The minimum absolute atomic E-state index is 0.108. The summed E-state index contributed by atoms with van der Waals surface area (Å²) in [5, 5.41) is 3.10. The molecule has 1 atom stereocenters. The van der Waals surface area contributed by atoms with E-state index >= 15 is 0 Å². The maximum atomic E-state index is 13.4. The zero-order valence-electron chi connectivity index (χ0n) is 12.0. The summed E-state index contributed by atoms with van der Waals surface area (Å²) < 4.78 is 19.0. The molecule has 0 radical (unpaired) electrons. The van der Waals surface area contributed by atoms with Crippen LogP contribution in [0.5, 0.6) is 0 Å². The Morgan fingerprint density at radius 1 is 1.47 bits per heavy atom. The summed E-state index contributed by atoms with van der Waals surface area (Å²) >= 11 is 0. The van der Waals surface area contributed by atoms with Crippen molar-refractivity contribution in [3.05, 3.63) is 29.6 Å². The third-order valence-electron chi connectivity index (χ3n) is 3.90. The summed E-state index contributed by atoms with van der Waals surface area (Å²) in [7, 11) is 3.65. The highest BCUT2D eigenvalue weighted by atomic mass is 19.1. The van der Waals surface area contributed by atoms with Gasteiger partial charge in [-0.2, -0.15) is 0 Å². The molecule has 0 aromatic heterocycles. The summed E-state index contributed by atoms with van der Waals surface area (Å²) in [5.74, 6) is -0.180. The number of rotatable bonds is 4. The lowest BCUT2D eigenvalue weighted by molar-refractivity contribution is -0.00468. The Kier molecular flexibility index (Phi) is 4.42. The molecular weight excluding hydrogens is 243 g/mol. The van der Waals surface area contributed by atoms with E-state index in [1.807, 2.05) is 13.1 Å². The van der Waals surface area contributed by atoms with Crippen LogP contribution in [0.2, 0.25) is 0 Å². The first-order chi connectivity index (χ1) is 9.08. The van der Waals surface area contributed by atoms with Crippen molar-refractivity contribution in [3.63, 3.8) is 0 Å². The summed E-state index contributed by atoms with van der Waals surface area (Å²) in [6.07, 6.45) is 2.17. The van der Waals surface area contributed by atoms with Crippen LogP contribution in [-0.4, -0.2) is 32.8 Å². The Hall–Kier alpha value is -1.13. The zero-order valence-corrected chi connectivity index (χ0v) is 12.0. The minimum Gasteiger partial charge on any atom is -0.377 e. The SMILES string of the molecule is CNCc1cc(F)ccc1N1CCCC(C)(OC)C1. The summed E-state index contributed by atoms with van der Waals surface area (Å²) in [6, 6.07) is 5.03. The van der Waals surface area contributed by atoms with Crippen molar-refractivity contribution in [1.29, 1.82) is 0 Å². The van der Waals surface area contributed by atoms with Gasteiger partial charge in [0.05, 0.1) is 5.60 Å². The van der Waals surface area contributed by atoms with Crippen molar-refractivity contribution in [2.45, 2.75) is 31.9 Å². The molecule has 1 N–H and O–H groups in total. The molecule has 0 aliphatic carbocycles. The highest BCUT2D eigenvalue weighted by Crippen LogP contribution is 2.30. The average molecular weight is 266 g/mol. The smallest absolute Gasteiger partial charge is 0.123 e. The van der Waals surface area contributed by atoms with Gasteiger partial charge in [0.25, 0.3) is 0 Å². The maximum Gasteiger partial charge on any atom is 0.123 e. The Morgan fingerprint density at radius 2 is 2.26 bits per heavy atom. The standard InChI is InChI=1S/C15H23FN2O/c1-15(19-3)7-4-8-18(11-15)14-6-5-13(16)9-12(14)10-17-2/h5-6,9,17H,4,7-8,10-11H2,1-3H3. The van der Waals surface area contributed by atoms with Gasteiger partial charge in [0, 0.05) is 32.4 Å². The van der Waals surface area contributed by atoms with E-state index in [0.717, 1.165) is 37.2 Å². The fourth-order valence-corrected chi connectivity index (χ4v) is 2.77. The van der Waals surface area contributed by atoms with Crippen LogP contribution < -0.4 is 10.2 Å². The van der Waals surface area contributed by atoms with E-state index in [2.05, 4.69) is 17.1 Å². The van der Waals surface area contributed by atoms with Gasteiger partial charge < -0.3 is 15.0 Å². The number of ether oxygens (including phenoxy) is 1. The third-order valence-corrected chi connectivity index (χ3v) is 3.90. The van der Waals surface area contributed by atoms with Gasteiger partial charge in [-0.05, 0) is 50.6 Å². The molecule has 1 heterocycles. The third kappa shape index (κ3) is 3.25. The number of nitrogens with one attached hydrogen (secondary N) is 1. The number of hydrogen-bond donors (Lipinski definition) is 1. The number of nitrogens with zero attached hydrogens (tertiary/aromatic N) is 1. The van der Waals surface area contributed by atoms with E-state index in [9.17, 15) is 4.39 Å². The van der Waals surface area contributed by atoms with Crippen molar-refractivity contribution < 1.29 is 9.13 Å². The summed E-state index contributed by atoms with van der Waals surface area (Å²) in [6.45, 7) is 4.67. The van der Waals surface area contributed by atoms with Gasteiger partial charge >= 0.3 is 0 Å². The van der Waals surface area contributed by atoms with Crippen LogP contribution >= 0.6 is 0 Å². The molecule has 1 fully saturated rings. The van der Waals surface area contributed by atoms with Crippen LogP contribution in [0.15, 0.2) is 18.2 Å². The van der Waals surface area contributed by atoms with Crippen LogP contribution in [0.4, 0.5) is 10.1 Å². The van der Waals surface area contributed by atoms with Crippen molar-refractivity contribution in [2.75, 3.05) is 32.1 Å². The fraction of sp³-hybridized carbons (Fsp3) is 0.600. The molecule has 1 aliphatic heterocycles. The second kappa shape index (κ2) is 5.88. The first-order valence-corrected chi connectivity index (χ1v) is 6.81. The maximum absolute atomic E-state index is 13.4. The lowest BCUT2D eigenvalue weighted by Crippen LogP contribution is -2.47. The van der Waals surface area contributed by atoms with Crippen LogP contribution in [0.3, 0.4) is 0 Å². The first kappa shape index (κ1) is 14.3. The van der Waals surface area contributed by atoms with Crippen molar-refractivity contribution in [2.24, 2.45) is 0 Å². The zero-order chi connectivity index (χ0) is 13.9. The van der Waals surface area contributed by atoms with E-state index < -0.39 is 0 Å². The summed E-state index contributed by atoms with van der Waals surface area (Å²) in [4.78, 5) is 2.30. The average Bonchev–Trinajstić information content (AvgIpc) is 2.39. The molecule has 1 unspecified atom stereocenters. The van der Waals surface area contributed by atoms with Gasteiger partial charge in [-0.1, -0.05) is 0 Å². The quantitative estimate of drug-likeness (QED) is 0.906. The highest BCUT2D eigenvalue weighted by molar-refractivity contribution is 5.54. The monoisotopic (exact) mass is 266 g/mol. The number of hydrogen-bond acceptors (Lipinski definition) is 3. The lowest BCUT2D eigenvalue weighted by Gasteiger charge is -2.41. The van der Waals surface area contributed by atoms with Crippen molar-refractivity contribution in [3.8, 4) is 0 Å². The van der Waals surface area contributed by atoms with E-state index in [-0.39, 0.29) is 11.4 Å². The first-order valence-electron chi connectivity index (χ1n) is 6.81. The summed E-state index contributed by atoms with van der Waals surface area (Å²) in [5.41, 5.74) is 2.00. The molecule has 0 amide bonds. The molecule has 1 saturated heterocycles. The van der Waals surface area contributed by atoms with Crippen molar-refractivity contribution in [1.82, 2.24) is 5.32 Å². The van der Waals surface area contributed by atoms with Gasteiger partial charge in [-0.25, -0.2) is 4.39 Å². The van der Waals surface area contributed by atoms with E-state index in [1.54, 1.807) is 13.2 Å². The van der Waals surface area contributed by atoms with Gasteiger partial charge in [0.1, 0.15) is 5.82 Å². The normalized spacial score (nSPS) is 23.7. The van der Waals surface area contributed by atoms with Crippen molar-refractivity contribution >= 4 is 5.69 Å². The lowest BCUT2D eigenvalue weighted by atomic mass is 9.94. The van der Waals surface area contributed by atoms with Crippen LogP contribution in [0, 0.1) is 5.82 Å². The molecular formula is C15H23FN2O. The number of piperidine rings is 1. The molecule has 0 bridgehead atoms. The van der Waals surface area contributed by atoms with E-state index in [4.69, 9.17) is 4.74 Å². The van der Waals surface area contributed by atoms with Gasteiger partial charge in [-0.3, -0.25) is 0 Å². The molecule has 1 aromatic rings. The van der Waals surface area contributed by atoms with Crippen LogP contribution in [-0.2, 0) is 11.3 Å². The van der Waals surface area contributed by atoms with Gasteiger partial charge in [0.15, 0.2) is 0 Å². The Labute approximate surface area is 114 Å².